The maximum atomic E-state index is 13.9. The van der Waals surface area contributed by atoms with Crippen LogP contribution in [0.1, 0.15) is 10.4 Å². The predicted octanol–water partition coefficient (Wildman–Crippen LogP) is 4.64. The van der Waals surface area contributed by atoms with Gasteiger partial charge in [-0.15, -0.1) is 0 Å². The standard InChI is InChI=1S/C25H21F2NO8S/c1-34-22-12-17-21(13-19(22)28(9-10-29)37(2,32)33)36-24(23(17)25(30)31)14-3-6-16(7-4-14)35-20-8-5-15(26)11-18(20)27/h3-8,11-13,29H,9-10H2,1-2H3,(H,30,31). The Morgan fingerprint density at radius 1 is 1.05 bits per heavy atom. The molecule has 2 N–H and O–H groups in total. The highest BCUT2D eigenvalue weighted by molar-refractivity contribution is 7.92. The van der Waals surface area contributed by atoms with Crippen molar-refractivity contribution in [1.82, 2.24) is 0 Å². The highest BCUT2D eigenvalue weighted by Gasteiger charge is 2.27. The molecule has 194 valence electrons. The molecule has 0 aliphatic carbocycles. The Bertz CT molecular complexity index is 1580. The van der Waals surface area contributed by atoms with Gasteiger partial charge in [-0.1, -0.05) is 0 Å². The number of hydrogen-bond donors (Lipinski definition) is 2. The third kappa shape index (κ3) is 5.20. The number of carboxylic acids is 1. The van der Waals surface area contributed by atoms with Gasteiger partial charge in [-0.05, 0) is 42.5 Å². The maximum absolute atomic E-state index is 13.9. The van der Waals surface area contributed by atoms with E-state index in [2.05, 4.69) is 0 Å². The Hall–Kier alpha value is -4.16. The minimum absolute atomic E-state index is 0.0192. The number of sulfonamides is 1. The van der Waals surface area contributed by atoms with Crippen LogP contribution in [0.3, 0.4) is 0 Å². The SMILES string of the molecule is COc1cc2c(C(=O)O)c(-c3ccc(Oc4ccc(F)cc4F)cc3)oc2cc1N(CCO)S(C)(=O)=O. The van der Waals surface area contributed by atoms with Gasteiger partial charge in [0.15, 0.2) is 11.6 Å². The van der Waals surface area contributed by atoms with Crippen LogP contribution in [0.15, 0.2) is 59.0 Å². The number of ether oxygens (including phenoxy) is 2. The van der Waals surface area contributed by atoms with Crippen molar-refractivity contribution < 1.29 is 46.1 Å². The predicted molar refractivity (Wildman–Crippen MR) is 131 cm³/mol. The number of carbonyl (C=O) groups is 1. The number of carboxylic acid groups (broad SMARTS) is 1. The van der Waals surface area contributed by atoms with Gasteiger partial charge < -0.3 is 24.1 Å². The number of methoxy groups -OCH3 is 1. The van der Waals surface area contributed by atoms with Crippen LogP contribution < -0.4 is 13.8 Å². The van der Waals surface area contributed by atoms with Crippen molar-refractivity contribution in [2.75, 3.05) is 30.8 Å². The lowest BCUT2D eigenvalue weighted by atomic mass is 10.0. The molecular weight excluding hydrogens is 512 g/mol. The van der Waals surface area contributed by atoms with Crippen LogP contribution in [0.25, 0.3) is 22.3 Å². The van der Waals surface area contributed by atoms with Crippen molar-refractivity contribution in [3.8, 4) is 28.6 Å². The second-order valence-corrected chi connectivity index (χ2v) is 9.80. The van der Waals surface area contributed by atoms with E-state index in [9.17, 15) is 32.2 Å². The molecule has 4 aromatic rings. The molecule has 37 heavy (non-hydrogen) atoms. The Kier molecular flexibility index (Phi) is 7.05. The molecule has 0 unspecified atom stereocenters. The molecule has 1 heterocycles. The zero-order valence-corrected chi connectivity index (χ0v) is 20.4. The van der Waals surface area contributed by atoms with Gasteiger partial charge >= 0.3 is 5.97 Å². The molecule has 0 spiro atoms. The van der Waals surface area contributed by atoms with Gasteiger partial charge in [0.1, 0.15) is 34.2 Å². The van der Waals surface area contributed by atoms with Crippen LogP contribution in [0, 0.1) is 11.6 Å². The van der Waals surface area contributed by atoms with E-state index in [-0.39, 0.29) is 51.8 Å². The summed E-state index contributed by atoms with van der Waals surface area (Å²) in [5.74, 6) is -2.88. The van der Waals surface area contributed by atoms with E-state index in [1.54, 1.807) is 0 Å². The Balaban J connectivity index is 1.79. The first-order chi connectivity index (χ1) is 17.5. The molecule has 0 aliphatic rings. The second-order valence-electron chi connectivity index (χ2n) is 7.89. The van der Waals surface area contributed by atoms with Crippen LogP contribution in [0.2, 0.25) is 0 Å². The average Bonchev–Trinajstić information content (AvgIpc) is 3.22. The first-order valence-corrected chi connectivity index (χ1v) is 12.6. The fraction of sp³-hybridized carbons (Fsp3) is 0.160. The summed E-state index contributed by atoms with van der Waals surface area (Å²) in [6, 6.07) is 11.5. The summed E-state index contributed by atoms with van der Waals surface area (Å²) in [5.41, 5.74) is 0.292. The summed E-state index contributed by atoms with van der Waals surface area (Å²) in [6.45, 7) is -0.718. The topological polar surface area (TPSA) is 127 Å². The van der Waals surface area contributed by atoms with Crippen molar-refractivity contribution in [2.24, 2.45) is 0 Å². The number of aliphatic hydroxyl groups excluding tert-OH is 1. The second kappa shape index (κ2) is 10.1. The molecule has 0 radical (unpaired) electrons. The quantitative estimate of drug-likeness (QED) is 0.319. The normalized spacial score (nSPS) is 11.5. The number of anilines is 1. The molecule has 4 rings (SSSR count). The van der Waals surface area contributed by atoms with Gasteiger partial charge in [-0.2, -0.15) is 0 Å². The summed E-state index contributed by atoms with van der Waals surface area (Å²) in [6.07, 6.45) is 0.962. The lowest BCUT2D eigenvalue weighted by Gasteiger charge is -2.23. The summed E-state index contributed by atoms with van der Waals surface area (Å²) >= 11 is 0. The number of fused-ring (bicyclic) bond motifs is 1. The molecule has 0 bridgehead atoms. The Morgan fingerprint density at radius 2 is 1.76 bits per heavy atom. The van der Waals surface area contributed by atoms with Gasteiger partial charge in [0, 0.05) is 23.1 Å². The number of aliphatic hydroxyl groups is 1. The molecule has 0 aliphatic heterocycles. The first-order valence-electron chi connectivity index (χ1n) is 10.7. The zero-order chi connectivity index (χ0) is 26.9. The number of hydrogen-bond acceptors (Lipinski definition) is 7. The molecule has 1 aromatic heterocycles. The van der Waals surface area contributed by atoms with Crippen LogP contribution in [-0.2, 0) is 10.0 Å². The lowest BCUT2D eigenvalue weighted by molar-refractivity contribution is 0.0699. The van der Waals surface area contributed by atoms with Gasteiger partial charge in [0.25, 0.3) is 0 Å². The van der Waals surface area contributed by atoms with Crippen LogP contribution in [0.5, 0.6) is 17.2 Å². The van der Waals surface area contributed by atoms with E-state index >= 15 is 0 Å². The minimum atomic E-state index is -3.82. The molecule has 0 saturated carbocycles. The summed E-state index contributed by atoms with van der Waals surface area (Å²) in [5, 5.41) is 19.5. The van der Waals surface area contributed by atoms with E-state index in [4.69, 9.17) is 13.9 Å². The van der Waals surface area contributed by atoms with E-state index in [1.807, 2.05) is 0 Å². The molecule has 3 aromatic carbocycles. The number of benzene rings is 3. The average molecular weight is 534 g/mol. The largest absolute Gasteiger partial charge is 0.495 e. The van der Waals surface area contributed by atoms with E-state index in [0.717, 1.165) is 22.7 Å². The maximum Gasteiger partial charge on any atom is 0.340 e. The molecule has 9 nitrogen and oxygen atoms in total. The number of furan rings is 1. The van der Waals surface area contributed by atoms with Gasteiger partial charge in [0.2, 0.25) is 10.0 Å². The van der Waals surface area contributed by atoms with Gasteiger partial charge in [-0.25, -0.2) is 22.0 Å². The zero-order valence-electron chi connectivity index (χ0n) is 19.6. The van der Waals surface area contributed by atoms with Gasteiger partial charge in [-0.3, -0.25) is 4.31 Å². The molecule has 0 fully saturated rings. The van der Waals surface area contributed by atoms with Crippen LogP contribution in [-0.4, -0.2) is 51.1 Å². The van der Waals surface area contributed by atoms with E-state index < -0.39 is 34.2 Å². The number of aromatic carboxylic acids is 1. The Morgan fingerprint density at radius 3 is 2.32 bits per heavy atom. The Labute approximate surface area is 210 Å². The molecule has 0 saturated heterocycles. The summed E-state index contributed by atoms with van der Waals surface area (Å²) in [4.78, 5) is 12.2. The molecule has 0 amide bonds. The highest BCUT2D eigenvalue weighted by Crippen LogP contribution is 2.41. The van der Waals surface area contributed by atoms with Crippen molar-refractivity contribution >= 4 is 32.6 Å². The van der Waals surface area contributed by atoms with Gasteiger partial charge in [0.05, 0.1) is 32.2 Å². The summed E-state index contributed by atoms with van der Waals surface area (Å²) < 4.78 is 69.2. The molecule has 0 atom stereocenters. The van der Waals surface area contributed by atoms with Crippen molar-refractivity contribution in [2.45, 2.75) is 0 Å². The van der Waals surface area contributed by atoms with Crippen LogP contribution >= 0.6 is 0 Å². The summed E-state index contributed by atoms with van der Waals surface area (Å²) in [7, 11) is -2.52. The fourth-order valence-corrected chi connectivity index (χ4v) is 4.71. The third-order valence-corrected chi connectivity index (χ3v) is 6.59. The third-order valence-electron chi connectivity index (χ3n) is 5.41. The number of rotatable bonds is 9. The van der Waals surface area contributed by atoms with E-state index in [0.29, 0.717) is 11.6 Å². The number of nitrogens with zero attached hydrogens (tertiary/aromatic N) is 1. The lowest BCUT2D eigenvalue weighted by Crippen LogP contribution is -2.32. The van der Waals surface area contributed by atoms with Crippen molar-refractivity contribution in [1.29, 1.82) is 0 Å². The van der Waals surface area contributed by atoms with E-state index in [1.165, 1.54) is 43.5 Å². The minimum Gasteiger partial charge on any atom is -0.495 e. The molecular formula is C25H21F2NO8S. The fourth-order valence-electron chi connectivity index (χ4n) is 3.80. The van der Waals surface area contributed by atoms with Crippen LogP contribution in [0.4, 0.5) is 14.5 Å². The highest BCUT2D eigenvalue weighted by atomic mass is 32.2. The molecule has 12 heteroatoms. The monoisotopic (exact) mass is 533 g/mol. The number of halogens is 2. The first kappa shape index (κ1) is 25.9. The van der Waals surface area contributed by atoms with Crippen molar-refractivity contribution in [3.05, 3.63) is 71.8 Å². The smallest absolute Gasteiger partial charge is 0.340 e. The van der Waals surface area contributed by atoms with Crippen molar-refractivity contribution in [3.63, 3.8) is 0 Å².